The summed E-state index contributed by atoms with van der Waals surface area (Å²) in [6.45, 7) is 20.3. The maximum Gasteiger partial charge on any atom is 0.133 e. The van der Waals surface area contributed by atoms with E-state index in [0.717, 1.165) is 58.0 Å². The van der Waals surface area contributed by atoms with Gasteiger partial charge in [-0.1, -0.05) is 91.2 Å². The van der Waals surface area contributed by atoms with Gasteiger partial charge in [0, 0.05) is 38.3 Å². The van der Waals surface area contributed by atoms with Crippen molar-refractivity contribution >= 4 is 11.6 Å². The van der Waals surface area contributed by atoms with Gasteiger partial charge in [-0.25, -0.2) is 0 Å². The van der Waals surface area contributed by atoms with Crippen LogP contribution in [0.3, 0.4) is 0 Å². The van der Waals surface area contributed by atoms with Crippen LogP contribution in [-0.4, -0.2) is 38.0 Å². The van der Waals surface area contributed by atoms with Crippen molar-refractivity contribution in [3.63, 3.8) is 0 Å². The van der Waals surface area contributed by atoms with E-state index in [-0.39, 0.29) is 0 Å². The molecule has 0 aromatic rings. The molecule has 0 N–H and O–H groups in total. The van der Waals surface area contributed by atoms with E-state index in [4.69, 9.17) is 9.47 Å². The predicted molar refractivity (Wildman–Crippen MR) is 165 cm³/mol. The molecule has 0 unspecified atom stereocenters. The van der Waals surface area contributed by atoms with E-state index in [0.29, 0.717) is 23.4 Å². The molecule has 0 aliphatic heterocycles. The number of ether oxygens (including phenoxy) is 2. The normalized spacial score (nSPS) is 19.3. The highest BCUT2D eigenvalue weighted by atomic mass is 16.5. The number of carbonyl (C=O) groups is 2. The quantitative estimate of drug-likeness (QED) is 0.137. The first kappa shape index (κ1) is 39.1. The van der Waals surface area contributed by atoms with E-state index in [1.165, 1.54) is 76.2 Å². The Labute approximate surface area is 238 Å². The van der Waals surface area contributed by atoms with Crippen molar-refractivity contribution in [3.8, 4) is 0 Å². The lowest BCUT2D eigenvalue weighted by Crippen LogP contribution is -2.28. The third-order valence-electron chi connectivity index (χ3n) is 7.46. The zero-order valence-corrected chi connectivity index (χ0v) is 26.9. The van der Waals surface area contributed by atoms with Crippen LogP contribution in [0.1, 0.15) is 152 Å². The van der Waals surface area contributed by atoms with Gasteiger partial charge < -0.3 is 9.47 Å². The molecule has 0 aromatic heterocycles. The zero-order valence-electron chi connectivity index (χ0n) is 26.9. The molecule has 2 aliphatic rings. The van der Waals surface area contributed by atoms with Crippen LogP contribution in [0, 0.1) is 17.8 Å². The molecule has 0 bridgehead atoms. The number of allylic oxidation sites excluding steroid dienone is 2. The lowest BCUT2D eigenvalue weighted by molar-refractivity contribution is -0.124. The van der Waals surface area contributed by atoms with Crippen molar-refractivity contribution in [3.05, 3.63) is 11.6 Å². The molecule has 4 heteroatoms. The average Bonchev–Trinajstić information content (AvgIpc) is 2.83. The lowest BCUT2D eigenvalue weighted by Gasteiger charge is -2.32. The molecule has 0 radical (unpaired) electrons. The molecule has 226 valence electrons. The second-order valence-electron chi connectivity index (χ2n) is 11.1. The monoisotopic (exact) mass is 538 g/mol. The van der Waals surface area contributed by atoms with E-state index in [1.807, 2.05) is 6.92 Å². The first-order valence-electron chi connectivity index (χ1n) is 16.1. The molecule has 0 aromatic carbocycles. The Balaban J connectivity index is 0. The molecular weight excluding hydrogens is 472 g/mol. The summed E-state index contributed by atoms with van der Waals surface area (Å²) in [4.78, 5) is 21.3. The van der Waals surface area contributed by atoms with Gasteiger partial charge in [-0.2, -0.15) is 0 Å². The van der Waals surface area contributed by atoms with Gasteiger partial charge in [-0.15, -0.1) is 0 Å². The van der Waals surface area contributed by atoms with Gasteiger partial charge in [0.05, 0.1) is 0 Å². The van der Waals surface area contributed by atoms with Crippen LogP contribution in [0.15, 0.2) is 11.6 Å². The predicted octanol–water partition coefficient (Wildman–Crippen LogP) is 9.93. The van der Waals surface area contributed by atoms with E-state index in [9.17, 15) is 9.59 Å². The highest BCUT2D eigenvalue weighted by Gasteiger charge is 2.30. The van der Waals surface area contributed by atoms with Gasteiger partial charge >= 0.3 is 0 Å². The van der Waals surface area contributed by atoms with E-state index >= 15 is 0 Å². The van der Waals surface area contributed by atoms with Crippen LogP contribution in [0.4, 0.5) is 0 Å². The van der Waals surface area contributed by atoms with Crippen LogP contribution in [0.25, 0.3) is 0 Å². The molecule has 0 spiro atoms. The standard InChI is InChI=1S/2C9H20O.C8H14O.C8H12O/c2*1-3-5-7-9-10-8-6-4-2;2*1-3-7-4-8(5-7)6(2)9/h2*3-9H2,1-2H3;7-8H,3-5H2,1-2H3;3,8H,4-5H2,1-2H3. The van der Waals surface area contributed by atoms with Crippen molar-refractivity contribution < 1.29 is 19.1 Å². The maximum atomic E-state index is 10.7. The van der Waals surface area contributed by atoms with Crippen LogP contribution < -0.4 is 0 Å². The Morgan fingerprint density at radius 2 is 1.05 bits per heavy atom. The van der Waals surface area contributed by atoms with Gasteiger partial charge in [0.1, 0.15) is 11.6 Å². The minimum Gasteiger partial charge on any atom is -0.381 e. The fraction of sp³-hybridized carbons (Fsp3) is 0.882. The van der Waals surface area contributed by atoms with Crippen LogP contribution in [0.5, 0.6) is 0 Å². The van der Waals surface area contributed by atoms with E-state index in [1.54, 1.807) is 13.8 Å². The summed E-state index contributed by atoms with van der Waals surface area (Å²) in [6, 6.07) is 0. The number of rotatable bonds is 17. The van der Waals surface area contributed by atoms with Crippen LogP contribution in [0.2, 0.25) is 0 Å². The van der Waals surface area contributed by atoms with Crippen LogP contribution >= 0.6 is 0 Å². The molecule has 0 atom stereocenters. The minimum absolute atomic E-state index is 0.348. The zero-order chi connectivity index (χ0) is 29.0. The first-order valence-corrected chi connectivity index (χ1v) is 16.1. The summed E-state index contributed by atoms with van der Waals surface area (Å²) in [6.07, 6.45) is 20.3. The molecule has 0 amide bonds. The van der Waals surface area contributed by atoms with Gasteiger partial charge in [0.2, 0.25) is 0 Å². The molecular formula is C34H66O4. The second-order valence-corrected chi connectivity index (χ2v) is 11.1. The summed E-state index contributed by atoms with van der Waals surface area (Å²) in [7, 11) is 0. The van der Waals surface area contributed by atoms with Crippen molar-refractivity contribution in [2.45, 2.75) is 152 Å². The van der Waals surface area contributed by atoms with Crippen LogP contribution in [-0.2, 0) is 19.1 Å². The molecule has 0 saturated heterocycles. The molecule has 2 aliphatic carbocycles. The maximum absolute atomic E-state index is 10.7. The highest BCUT2D eigenvalue weighted by molar-refractivity contribution is 5.80. The second kappa shape index (κ2) is 29.0. The smallest absolute Gasteiger partial charge is 0.133 e. The number of Topliss-reactive ketones (excluding diaryl/α,β-unsaturated/α-hetero) is 2. The number of hydrogen-bond acceptors (Lipinski definition) is 4. The molecule has 2 saturated carbocycles. The Bertz CT molecular complexity index is 523. The summed E-state index contributed by atoms with van der Waals surface area (Å²) >= 11 is 0. The van der Waals surface area contributed by atoms with Crippen molar-refractivity contribution in [2.24, 2.45) is 17.8 Å². The largest absolute Gasteiger partial charge is 0.381 e. The number of hydrogen-bond donors (Lipinski definition) is 0. The Hall–Kier alpha value is -1.00. The Morgan fingerprint density at radius 1 is 0.658 bits per heavy atom. The van der Waals surface area contributed by atoms with Crippen molar-refractivity contribution in [1.29, 1.82) is 0 Å². The third kappa shape index (κ3) is 24.1. The number of carbonyl (C=O) groups excluding carboxylic acids is 2. The summed E-state index contributed by atoms with van der Waals surface area (Å²) in [5.74, 6) is 2.38. The SMILES string of the molecule is CC=C1CC(C(C)=O)C1.CCC1CC(C(C)=O)C1.CCCCCOCCCC.CCCCCOCCCC. The topological polar surface area (TPSA) is 52.6 Å². The minimum atomic E-state index is 0.348. The van der Waals surface area contributed by atoms with Crippen molar-refractivity contribution in [2.75, 3.05) is 26.4 Å². The Kier molecular flexibility index (Phi) is 29.9. The van der Waals surface area contributed by atoms with E-state index in [2.05, 4.69) is 40.7 Å². The van der Waals surface area contributed by atoms with Crippen molar-refractivity contribution in [1.82, 2.24) is 0 Å². The summed E-state index contributed by atoms with van der Waals surface area (Å²) < 4.78 is 10.8. The molecule has 38 heavy (non-hydrogen) atoms. The fourth-order valence-electron chi connectivity index (χ4n) is 4.10. The number of unbranched alkanes of at least 4 members (excludes halogenated alkanes) is 6. The summed E-state index contributed by atoms with van der Waals surface area (Å²) in [5, 5.41) is 0. The third-order valence-corrected chi connectivity index (χ3v) is 7.46. The van der Waals surface area contributed by atoms with Gasteiger partial charge in [0.25, 0.3) is 0 Å². The van der Waals surface area contributed by atoms with Gasteiger partial charge in [-0.05, 0) is 78.1 Å². The van der Waals surface area contributed by atoms with Gasteiger partial charge in [-0.3, -0.25) is 9.59 Å². The summed E-state index contributed by atoms with van der Waals surface area (Å²) in [5.41, 5.74) is 1.44. The lowest BCUT2D eigenvalue weighted by atomic mass is 9.72. The molecule has 2 rings (SSSR count). The molecule has 2 fully saturated rings. The highest BCUT2D eigenvalue weighted by Crippen LogP contribution is 2.36. The Morgan fingerprint density at radius 3 is 1.37 bits per heavy atom. The number of ketones is 2. The van der Waals surface area contributed by atoms with Gasteiger partial charge in [0.15, 0.2) is 0 Å². The molecule has 0 heterocycles. The van der Waals surface area contributed by atoms with E-state index < -0.39 is 0 Å². The molecule has 4 nitrogen and oxygen atoms in total. The fourth-order valence-corrected chi connectivity index (χ4v) is 4.10. The average molecular weight is 539 g/mol. The first-order chi connectivity index (χ1) is 18.3.